The van der Waals surface area contributed by atoms with E-state index in [4.69, 9.17) is 6.42 Å². The molecule has 0 spiro atoms. The van der Waals surface area contributed by atoms with E-state index in [9.17, 15) is 5.11 Å². The third kappa shape index (κ3) is 2.74. The molecule has 0 aliphatic heterocycles. The Morgan fingerprint density at radius 3 is 2.47 bits per heavy atom. The number of hydrogen-bond acceptors (Lipinski definition) is 2. The maximum Gasteiger partial charge on any atom is 0.0724 e. The molecule has 86 valence electrons. The van der Waals surface area contributed by atoms with Crippen molar-refractivity contribution >= 4 is 0 Å². The van der Waals surface area contributed by atoms with Crippen molar-refractivity contribution < 1.29 is 5.11 Å². The molecule has 0 bridgehead atoms. The first-order chi connectivity index (χ1) is 7.13. The summed E-state index contributed by atoms with van der Waals surface area (Å²) in [6.07, 6.45) is 12.3. The lowest BCUT2D eigenvalue weighted by Gasteiger charge is -2.40. The molecule has 0 amide bonds. The fraction of sp³-hybridized carbons (Fsp3) is 0.846. The Labute approximate surface area is 93.7 Å². The van der Waals surface area contributed by atoms with Crippen LogP contribution < -0.4 is 0 Å². The van der Waals surface area contributed by atoms with Crippen LogP contribution in [0.2, 0.25) is 0 Å². The van der Waals surface area contributed by atoms with Gasteiger partial charge in [-0.05, 0) is 39.8 Å². The molecular weight excluding hydrogens is 186 g/mol. The molecule has 1 aliphatic rings. The van der Waals surface area contributed by atoms with Crippen LogP contribution >= 0.6 is 0 Å². The SMILES string of the molecule is C#CCCCC(O)C1(N(C)C)CCCC1. The summed E-state index contributed by atoms with van der Waals surface area (Å²) in [7, 11) is 4.16. The summed E-state index contributed by atoms with van der Waals surface area (Å²) in [6.45, 7) is 0. The highest BCUT2D eigenvalue weighted by Crippen LogP contribution is 2.38. The largest absolute Gasteiger partial charge is 0.391 e. The minimum atomic E-state index is -0.219. The first kappa shape index (κ1) is 12.5. The van der Waals surface area contributed by atoms with Crippen LogP contribution in [-0.2, 0) is 0 Å². The second-order valence-electron chi connectivity index (χ2n) is 4.82. The Hall–Kier alpha value is -0.520. The third-order valence-electron chi connectivity index (χ3n) is 3.78. The Morgan fingerprint density at radius 1 is 1.40 bits per heavy atom. The Kier molecular flexibility index (Phi) is 4.63. The molecule has 1 fully saturated rings. The van der Waals surface area contributed by atoms with Crippen LogP contribution in [0.25, 0.3) is 0 Å². The van der Waals surface area contributed by atoms with Gasteiger partial charge >= 0.3 is 0 Å². The molecule has 0 heterocycles. The molecule has 0 saturated heterocycles. The highest BCUT2D eigenvalue weighted by atomic mass is 16.3. The zero-order chi connectivity index (χ0) is 11.3. The summed E-state index contributed by atoms with van der Waals surface area (Å²) in [5.74, 6) is 2.63. The molecule has 15 heavy (non-hydrogen) atoms. The number of rotatable bonds is 5. The summed E-state index contributed by atoms with van der Waals surface area (Å²) in [5.41, 5.74) is 0.0224. The molecule has 0 aromatic carbocycles. The normalized spacial score (nSPS) is 21.5. The summed E-state index contributed by atoms with van der Waals surface area (Å²) in [5, 5.41) is 10.3. The van der Waals surface area contributed by atoms with Crippen LogP contribution in [0.1, 0.15) is 44.9 Å². The van der Waals surface area contributed by atoms with E-state index < -0.39 is 0 Å². The van der Waals surface area contributed by atoms with Gasteiger partial charge in [0.05, 0.1) is 6.10 Å². The first-order valence-corrected chi connectivity index (χ1v) is 5.92. The second-order valence-corrected chi connectivity index (χ2v) is 4.82. The van der Waals surface area contributed by atoms with E-state index in [2.05, 4.69) is 24.9 Å². The van der Waals surface area contributed by atoms with Crippen LogP contribution in [0.5, 0.6) is 0 Å². The fourth-order valence-electron chi connectivity index (χ4n) is 2.73. The number of hydrogen-bond donors (Lipinski definition) is 1. The van der Waals surface area contributed by atoms with Gasteiger partial charge in [0.25, 0.3) is 0 Å². The van der Waals surface area contributed by atoms with Crippen molar-refractivity contribution in [3.63, 3.8) is 0 Å². The number of likely N-dealkylation sites (N-methyl/N-ethyl adjacent to an activating group) is 1. The van der Waals surface area contributed by atoms with Crippen molar-refractivity contribution in [1.82, 2.24) is 4.90 Å². The number of terminal acetylenes is 1. The molecular formula is C13H23NO. The van der Waals surface area contributed by atoms with Gasteiger partial charge < -0.3 is 10.0 Å². The molecule has 1 saturated carbocycles. The topological polar surface area (TPSA) is 23.5 Å². The van der Waals surface area contributed by atoms with Gasteiger partial charge in [0.1, 0.15) is 0 Å². The van der Waals surface area contributed by atoms with Gasteiger partial charge in [-0.2, -0.15) is 0 Å². The average Bonchev–Trinajstić information content (AvgIpc) is 2.67. The van der Waals surface area contributed by atoms with Gasteiger partial charge in [0, 0.05) is 12.0 Å². The highest BCUT2D eigenvalue weighted by Gasteiger charge is 2.41. The van der Waals surface area contributed by atoms with E-state index in [1.165, 1.54) is 12.8 Å². The van der Waals surface area contributed by atoms with Gasteiger partial charge in [0.2, 0.25) is 0 Å². The second kappa shape index (κ2) is 5.53. The lowest BCUT2D eigenvalue weighted by Crippen LogP contribution is -2.51. The number of aliphatic hydroxyl groups is 1. The zero-order valence-electron chi connectivity index (χ0n) is 10.00. The molecule has 1 unspecified atom stereocenters. The van der Waals surface area contributed by atoms with Crippen LogP contribution in [0.3, 0.4) is 0 Å². The minimum Gasteiger partial charge on any atom is -0.391 e. The molecule has 1 N–H and O–H groups in total. The van der Waals surface area contributed by atoms with E-state index in [1.54, 1.807) is 0 Å². The maximum atomic E-state index is 10.3. The van der Waals surface area contributed by atoms with Gasteiger partial charge in [0.15, 0.2) is 0 Å². The summed E-state index contributed by atoms with van der Waals surface area (Å²) in [4.78, 5) is 2.21. The van der Waals surface area contributed by atoms with Gasteiger partial charge in [-0.3, -0.25) is 0 Å². The maximum absolute atomic E-state index is 10.3. The lowest BCUT2D eigenvalue weighted by atomic mass is 9.86. The predicted molar refractivity (Wildman–Crippen MR) is 63.6 cm³/mol. The predicted octanol–water partition coefficient (Wildman–Crippen LogP) is 2.03. The van der Waals surface area contributed by atoms with Gasteiger partial charge in [-0.15, -0.1) is 12.3 Å². The van der Waals surface area contributed by atoms with E-state index in [-0.39, 0.29) is 11.6 Å². The van der Waals surface area contributed by atoms with Gasteiger partial charge in [-0.25, -0.2) is 0 Å². The number of aliphatic hydroxyl groups excluding tert-OH is 1. The Morgan fingerprint density at radius 2 is 2.00 bits per heavy atom. The molecule has 0 aromatic rings. The van der Waals surface area contributed by atoms with Crippen LogP contribution in [0.4, 0.5) is 0 Å². The quantitative estimate of drug-likeness (QED) is 0.553. The zero-order valence-corrected chi connectivity index (χ0v) is 10.00. The van der Waals surface area contributed by atoms with Crippen LogP contribution in [0.15, 0.2) is 0 Å². The van der Waals surface area contributed by atoms with E-state index >= 15 is 0 Å². The highest BCUT2D eigenvalue weighted by molar-refractivity contribution is 4.98. The standard InChI is InChI=1S/C13H23NO/c1-4-5-6-9-12(15)13(14(2)3)10-7-8-11-13/h1,12,15H,5-11H2,2-3H3. The van der Waals surface area contributed by atoms with E-state index in [0.717, 1.165) is 32.1 Å². The number of nitrogens with zero attached hydrogens (tertiary/aromatic N) is 1. The molecule has 0 radical (unpaired) electrons. The van der Waals surface area contributed by atoms with Crippen molar-refractivity contribution in [3.8, 4) is 12.3 Å². The fourth-order valence-corrected chi connectivity index (χ4v) is 2.73. The van der Waals surface area contributed by atoms with Crippen molar-refractivity contribution in [2.24, 2.45) is 0 Å². The molecule has 1 rings (SSSR count). The van der Waals surface area contributed by atoms with Crippen LogP contribution in [0, 0.1) is 12.3 Å². The molecule has 1 aliphatic carbocycles. The van der Waals surface area contributed by atoms with Crippen molar-refractivity contribution in [2.45, 2.75) is 56.6 Å². The summed E-state index contributed by atoms with van der Waals surface area (Å²) < 4.78 is 0. The molecule has 2 heteroatoms. The molecule has 1 atom stereocenters. The monoisotopic (exact) mass is 209 g/mol. The molecule has 2 nitrogen and oxygen atoms in total. The minimum absolute atomic E-state index is 0.0224. The lowest BCUT2D eigenvalue weighted by molar-refractivity contribution is -0.00858. The van der Waals surface area contributed by atoms with Gasteiger partial charge in [-0.1, -0.05) is 12.8 Å². The van der Waals surface area contributed by atoms with Crippen LogP contribution in [-0.4, -0.2) is 35.7 Å². The van der Waals surface area contributed by atoms with Crippen molar-refractivity contribution in [1.29, 1.82) is 0 Å². The van der Waals surface area contributed by atoms with Crippen molar-refractivity contribution in [3.05, 3.63) is 0 Å². The Balaban J connectivity index is 2.53. The first-order valence-electron chi connectivity index (χ1n) is 5.92. The Bertz CT molecular complexity index is 223. The van der Waals surface area contributed by atoms with E-state index in [0.29, 0.717) is 0 Å². The smallest absolute Gasteiger partial charge is 0.0724 e. The van der Waals surface area contributed by atoms with E-state index in [1.807, 2.05) is 0 Å². The molecule has 0 aromatic heterocycles. The summed E-state index contributed by atoms with van der Waals surface area (Å²) in [6, 6.07) is 0. The summed E-state index contributed by atoms with van der Waals surface area (Å²) >= 11 is 0. The third-order valence-corrected chi connectivity index (χ3v) is 3.78. The number of unbranched alkanes of at least 4 members (excludes halogenated alkanes) is 1. The average molecular weight is 209 g/mol. The van der Waals surface area contributed by atoms with Crippen molar-refractivity contribution in [2.75, 3.05) is 14.1 Å².